The number of allylic oxidation sites excluding steroid dienone is 1. The third-order valence-corrected chi connectivity index (χ3v) is 4.86. The average Bonchev–Trinajstić information content (AvgIpc) is 3.03. The Bertz CT molecular complexity index is 914. The van der Waals surface area contributed by atoms with Crippen LogP contribution in [0.3, 0.4) is 0 Å². The maximum absolute atomic E-state index is 13.7. The molecule has 2 aliphatic rings. The number of rotatable bonds is 4. The zero-order valence-electron chi connectivity index (χ0n) is 15.3. The minimum absolute atomic E-state index is 0.0181. The molecule has 0 fully saturated rings. The second-order valence-electron chi connectivity index (χ2n) is 6.34. The van der Waals surface area contributed by atoms with E-state index in [4.69, 9.17) is 9.47 Å². The summed E-state index contributed by atoms with van der Waals surface area (Å²) in [6.45, 7) is 5.44. The molecule has 148 valence electrons. The number of hydrogen-bond donors (Lipinski definition) is 0. The predicted octanol–water partition coefficient (Wildman–Crippen LogP) is 3.55. The van der Waals surface area contributed by atoms with E-state index in [1.807, 2.05) is 0 Å². The van der Waals surface area contributed by atoms with Crippen LogP contribution >= 0.6 is 0 Å². The number of methoxy groups -OCH3 is 1. The number of halogens is 3. The highest BCUT2D eigenvalue weighted by molar-refractivity contribution is 6.01. The second-order valence-corrected chi connectivity index (χ2v) is 6.34. The van der Waals surface area contributed by atoms with E-state index in [2.05, 4.69) is 6.58 Å². The molecule has 2 heterocycles. The molecule has 2 aliphatic heterocycles. The molecule has 0 saturated heterocycles. The lowest BCUT2D eigenvalue weighted by atomic mass is 9.78. The molecule has 28 heavy (non-hydrogen) atoms. The standard InChI is InChI=1S/C20H18F3NO4/c1-4-9-24-11(2)15(18(25)27-3)16(17-14(24)10-28-19(17)26)12-7-5-6-8-13(12)20(21,22)23/h4-8,16H,1,9-10H2,2-3H3. The molecule has 3 rings (SSSR count). The SMILES string of the molecule is C=CCN1C(C)=C(C(=O)OC)C(c2ccccc2C(F)(F)F)C2=C1COC2=O. The summed E-state index contributed by atoms with van der Waals surface area (Å²) in [5.74, 6) is -2.80. The first-order valence-corrected chi connectivity index (χ1v) is 8.46. The van der Waals surface area contributed by atoms with Crippen molar-refractivity contribution < 1.29 is 32.2 Å². The van der Waals surface area contributed by atoms with Gasteiger partial charge in [-0.2, -0.15) is 13.2 Å². The number of ether oxygens (including phenoxy) is 2. The molecule has 0 aromatic heterocycles. The van der Waals surface area contributed by atoms with Gasteiger partial charge in [-0.1, -0.05) is 24.3 Å². The van der Waals surface area contributed by atoms with Crippen LogP contribution in [-0.4, -0.2) is 37.1 Å². The van der Waals surface area contributed by atoms with Crippen LogP contribution in [0.25, 0.3) is 0 Å². The van der Waals surface area contributed by atoms with Crippen molar-refractivity contribution in [1.29, 1.82) is 0 Å². The van der Waals surface area contributed by atoms with E-state index in [9.17, 15) is 22.8 Å². The van der Waals surface area contributed by atoms with Gasteiger partial charge in [0.25, 0.3) is 0 Å². The van der Waals surface area contributed by atoms with Crippen molar-refractivity contribution >= 4 is 11.9 Å². The van der Waals surface area contributed by atoms with Gasteiger partial charge in [0.2, 0.25) is 0 Å². The van der Waals surface area contributed by atoms with E-state index in [0.717, 1.165) is 13.2 Å². The molecule has 0 bridgehead atoms. The first-order chi connectivity index (χ1) is 13.2. The molecule has 0 radical (unpaired) electrons. The van der Waals surface area contributed by atoms with Gasteiger partial charge < -0.3 is 14.4 Å². The molecule has 1 atom stereocenters. The Kier molecular flexibility index (Phi) is 5.06. The lowest BCUT2D eigenvalue weighted by Crippen LogP contribution is -2.34. The van der Waals surface area contributed by atoms with Gasteiger partial charge in [-0.3, -0.25) is 0 Å². The Morgan fingerprint density at radius 3 is 2.68 bits per heavy atom. The average molecular weight is 393 g/mol. The van der Waals surface area contributed by atoms with E-state index >= 15 is 0 Å². The maximum Gasteiger partial charge on any atom is 0.416 e. The molecular weight excluding hydrogens is 375 g/mol. The fraction of sp³-hybridized carbons (Fsp3) is 0.300. The van der Waals surface area contributed by atoms with Crippen molar-refractivity contribution in [1.82, 2.24) is 4.90 Å². The van der Waals surface area contributed by atoms with Crippen LogP contribution < -0.4 is 0 Å². The number of carbonyl (C=O) groups is 2. The van der Waals surface area contributed by atoms with Gasteiger partial charge in [0.15, 0.2) is 0 Å². The smallest absolute Gasteiger partial charge is 0.416 e. The number of hydrogen-bond acceptors (Lipinski definition) is 5. The molecule has 0 aliphatic carbocycles. The van der Waals surface area contributed by atoms with Crippen molar-refractivity contribution in [3.63, 3.8) is 0 Å². The Morgan fingerprint density at radius 1 is 1.39 bits per heavy atom. The quantitative estimate of drug-likeness (QED) is 0.579. The van der Waals surface area contributed by atoms with Crippen molar-refractivity contribution in [2.75, 3.05) is 20.3 Å². The Morgan fingerprint density at radius 2 is 2.07 bits per heavy atom. The molecule has 1 unspecified atom stereocenters. The van der Waals surface area contributed by atoms with Crippen molar-refractivity contribution in [2.45, 2.75) is 19.0 Å². The molecule has 0 N–H and O–H groups in total. The minimum Gasteiger partial charge on any atom is -0.466 e. The number of cyclic esters (lactones) is 1. The van der Waals surface area contributed by atoms with E-state index in [1.54, 1.807) is 17.9 Å². The van der Waals surface area contributed by atoms with Crippen LogP contribution in [0.15, 0.2) is 59.5 Å². The highest BCUT2D eigenvalue weighted by Gasteiger charge is 2.47. The fourth-order valence-electron chi connectivity index (χ4n) is 3.69. The first-order valence-electron chi connectivity index (χ1n) is 8.46. The monoisotopic (exact) mass is 393 g/mol. The third kappa shape index (κ3) is 3.08. The molecule has 1 aromatic carbocycles. The summed E-state index contributed by atoms with van der Waals surface area (Å²) in [6.07, 6.45) is -3.09. The topological polar surface area (TPSA) is 55.8 Å². The molecule has 0 spiro atoms. The molecule has 0 saturated carbocycles. The number of nitrogens with zero attached hydrogens (tertiary/aromatic N) is 1. The molecule has 5 nitrogen and oxygen atoms in total. The summed E-state index contributed by atoms with van der Waals surface area (Å²) >= 11 is 0. The van der Waals surface area contributed by atoms with E-state index in [-0.39, 0.29) is 29.9 Å². The lowest BCUT2D eigenvalue weighted by molar-refractivity contribution is -0.140. The first kappa shape index (κ1) is 19.7. The predicted molar refractivity (Wildman–Crippen MR) is 93.8 cm³/mol. The van der Waals surface area contributed by atoms with E-state index < -0.39 is 29.6 Å². The summed E-state index contributed by atoms with van der Waals surface area (Å²) in [6, 6.07) is 4.89. The third-order valence-electron chi connectivity index (χ3n) is 4.86. The summed E-state index contributed by atoms with van der Waals surface area (Å²) in [7, 11) is 1.14. The van der Waals surface area contributed by atoms with Gasteiger partial charge in [-0.05, 0) is 18.6 Å². The minimum atomic E-state index is -4.66. The van der Waals surface area contributed by atoms with Crippen LogP contribution in [-0.2, 0) is 25.2 Å². The van der Waals surface area contributed by atoms with Crippen molar-refractivity contribution in [3.8, 4) is 0 Å². The Labute approximate surface area is 159 Å². The van der Waals surface area contributed by atoms with Gasteiger partial charge >= 0.3 is 18.1 Å². The fourth-order valence-corrected chi connectivity index (χ4v) is 3.69. The van der Waals surface area contributed by atoms with Crippen LogP contribution in [0.1, 0.15) is 24.0 Å². The Hall–Kier alpha value is -3.03. The van der Waals surface area contributed by atoms with Crippen molar-refractivity contribution in [2.24, 2.45) is 0 Å². The van der Waals surface area contributed by atoms with Crippen LogP contribution in [0.2, 0.25) is 0 Å². The van der Waals surface area contributed by atoms with Crippen molar-refractivity contribution in [3.05, 3.63) is 70.6 Å². The number of carbonyl (C=O) groups excluding carboxylic acids is 2. The van der Waals surface area contributed by atoms with E-state index in [1.165, 1.54) is 18.2 Å². The summed E-state index contributed by atoms with van der Waals surface area (Å²) in [5.41, 5.74) is -0.303. The van der Waals surface area contributed by atoms with Crippen LogP contribution in [0.5, 0.6) is 0 Å². The largest absolute Gasteiger partial charge is 0.466 e. The summed E-state index contributed by atoms with van der Waals surface area (Å²) in [5, 5.41) is 0. The number of esters is 2. The highest BCUT2D eigenvalue weighted by Crippen LogP contribution is 2.48. The maximum atomic E-state index is 13.7. The van der Waals surface area contributed by atoms with E-state index in [0.29, 0.717) is 11.4 Å². The zero-order chi connectivity index (χ0) is 20.6. The summed E-state index contributed by atoms with van der Waals surface area (Å²) < 4.78 is 50.9. The molecule has 1 aromatic rings. The second kappa shape index (κ2) is 7.18. The highest BCUT2D eigenvalue weighted by atomic mass is 19.4. The van der Waals surface area contributed by atoms with Gasteiger partial charge in [-0.25, -0.2) is 9.59 Å². The Balaban J connectivity index is 2.33. The van der Waals surface area contributed by atoms with Gasteiger partial charge in [0.05, 0.1) is 35.4 Å². The van der Waals surface area contributed by atoms with Crippen LogP contribution in [0, 0.1) is 0 Å². The van der Waals surface area contributed by atoms with Gasteiger partial charge in [0.1, 0.15) is 6.61 Å². The van der Waals surface area contributed by atoms with Gasteiger partial charge in [0, 0.05) is 12.2 Å². The molecular formula is C20H18F3NO4. The normalized spacial score (nSPS) is 19.5. The summed E-state index contributed by atoms with van der Waals surface area (Å²) in [4.78, 5) is 26.7. The molecule has 8 heteroatoms. The number of alkyl halides is 3. The van der Waals surface area contributed by atoms with Gasteiger partial charge in [-0.15, -0.1) is 6.58 Å². The van der Waals surface area contributed by atoms with Crippen LogP contribution in [0.4, 0.5) is 13.2 Å². The molecule has 0 amide bonds. The zero-order valence-corrected chi connectivity index (χ0v) is 15.3. The lowest BCUT2D eigenvalue weighted by Gasteiger charge is -2.35. The number of benzene rings is 1.